The quantitative estimate of drug-likeness (QED) is 0.191. The van der Waals surface area contributed by atoms with Crippen molar-refractivity contribution < 1.29 is 9.05 Å². The van der Waals surface area contributed by atoms with Gasteiger partial charge in [0.05, 0.1) is 13.2 Å². The second-order valence-electron chi connectivity index (χ2n) is 3.68. The molecular weight excluding hydrogens is 616 g/mol. The van der Waals surface area contributed by atoms with Crippen LogP contribution in [0, 0.1) is 0 Å². The lowest BCUT2D eigenvalue weighted by Gasteiger charge is -2.23. The summed E-state index contributed by atoms with van der Waals surface area (Å²) in [6, 6.07) is 0. The highest BCUT2D eigenvalue weighted by Crippen LogP contribution is 2.61. The summed E-state index contributed by atoms with van der Waals surface area (Å²) < 4.78 is 13.2. The summed E-state index contributed by atoms with van der Waals surface area (Å²) >= 11 is 14.4. The zero-order valence-corrected chi connectivity index (χ0v) is 19.1. The van der Waals surface area contributed by atoms with Crippen molar-refractivity contribution in [3.8, 4) is 0 Å². The van der Waals surface area contributed by atoms with Gasteiger partial charge in [0.25, 0.3) is 0 Å². The average Bonchev–Trinajstić information content (AvgIpc) is 2.21. The van der Waals surface area contributed by atoms with E-state index in [1.807, 2.05) is 0 Å². The Bertz CT molecular complexity index is 214. The lowest BCUT2D eigenvalue weighted by molar-refractivity contribution is 0.268. The molecule has 104 valence electrons. The second-order valence-corrected chi connectivity index (χ2v) is 16.4. The first-order valence-electron chi connectivity index (χ1n) is 5.21. The Hall–Kier alpha value is 3.11. The molecule has 0 bridgehead atoms. The number of alkyl halides is 3. The van der Waals surface area contributed by atoms with Gasteiger partial charge in [0, 0.05) is 17.5 Å². The van der Waals surface area contributed by atoms with Crippen LogP contribution in [-0.4, -0.2) is 30.7 Å². The molecule has 0 aliphatic rings. The van der Waals surface area contributed by atoms with E-state index in [0.29, 0.717) is 25.0 Å². The van der Waals surface area contributed by atoms with Crippen LogP contribution < -0.4 is 0 Å². The first-order chi connectivity index (χ1) is 7.75. The maximum Gasteiger partial charge on any atom is 0.247 e. The number of hydrogen-bond acceptors (Lipinski definition) is 4. The molecule has 0 fully saturated rings. The fourth-order valence-corrected chi connectivity index (χ4v) is 7.38. The van der Waals surface area contributed by atoms with Gasteiger partial charge in [-0.1, -0.05) is 99.9 Å². The molecule has 0 saturated carbocycles. The van der Waals surface area contributed by atoms with Gasteiger partial charge >= 0.3 is 0 Å². The fourth-order valence-electron chi connectivity index (χ4n) is 0.694. The third kappa shape index (κ3) is 12.6. The summed E-state index contributed by atoms with van der Waals surface area (Å²) in [6.45, 7) is 7.76. The van der Waals surface area contributed by atoms with E-state index in [0.717, 1.165) is 5.75 Å². The van der Waals surface area contributed by atoms with E-state index in [1.54, 1.807) is 11.4 Å². The zero-order valence-electron chi connectivity index (χ0n) is 10.1. The van der Waals surface area contributed by atoms with Crippen LogP contribution in [0.3, 0.4) is 0 Å². The van der Waals surface area contributed by atoms with Crippen LogP contribution in [0.5, 0.6) is 0 Å². The molecule has 3 atom stereocenters. The van der Waals surface area contributed by atoms with Crippen molar-refractivity contribution in [1.29, 1.82) is 0 Å². The molecule has 0 rings (SSSR count). The Morgan fingerprint density at radius 1 is 1.00 bits per heavy atom. The van der Waals surface area contributed by atoms with Gasteiger partial charge in [-0.05, 0) is 11.8 Å². The topological polar surface area (TPSA) is 18.5 Å². The third-order valence-electron chi connectivity index (χ3n) is 1.39. The molecule has 17 heavy (non-hydrogen) atoms. The third-order valence-corrected chi connectivity index (χ3v) is 8.65. The van der Waals surface area contributed by atoms with Crippen LogP contribution in [0.1, 0.15) is 20.8 Å². The van der Waals surface area contributed by atoms with Gasteiger partial charge in [0.15, 0.2) is 0 Å². The van der Waals surface area contributed by atoms with Gasteiger partial charge in [-0.3, -0.25) is 0 Å². The van der Waals surface area contributed by atoms with Crippen LogP contribution in [0.2, 0.25) is 0 Å². The van der Waals surface area contributed by atoms with Crippen LogP contribution >= 0.6 is 84.8 Å². The van der Waals surface area contributed by atoms with Gasteiger partial charge in [0.1, 0.15) is 0 Å². The summed E-state index contributed by atoms with van der Waals surface area (Å²) in [7, 11) is 0. The van der Waals surface area contributed by atoms with Gasteiger partial charge in [-0.25, -0.2) is 0 Å². The molecule has 0 aliphatic carbocycles. The SMILES string of the molecule is CC(I)COP(=S)(OCC(C)I)SCC(C)I. The van der Waals surface area contributed by atoms with E-state index < -0.39 is 5.69 Å². The van der Waals surface area contributed by atoms with Gasteiger partial charge < -0.3 is 9.05 Å². The van der Waals surface area contributed by atoms with E-state index in [4.69, 9.17) is 20.9 Å². The highest BCUT2D eigenvalue weighted by Gasteiger charge is 2.22. The first-order valence-corrected chi connectivity index (χ1v) is 13.2. The first kappa shape index (κ1) is 20.1. The van der Waals surface area contributed by atoms with E-state index >= 15 is 0 Å². The van der Waals surface area contributed by atoms with Crippen molar-refractivity contribution in [2.75, 3.05) is 19.0 Å². The summed E-state index contributed by atoms with van der Waals surface area (Å²) in [6.07, 6.45) is 0. The highest BCUT2D eigenvalue weighted by molar-refractivity contribution is 14.1. The molecule has 0 aliphatic heterocycles. The van der Waals surface area contributed by atoms with Crippen LogP contribution in [0.4, 0.5) is 0 Å². The Morgan fingerprint density at radius 2 is 1.41 bits per heavy atom. The molecule has 0 heterocycles. The minimum atomic E-state index is -2.15. The molecule has 0 saturated heterocycles. The average molecular weight is 634 g/mol. The van der Waals surface area contributed by atoms with Gasteiger partial charge in [-0.15, -0.1) is 0 Å². The highest BCUT2D eigenvalue weighted by atomic mass is 127. The molecule has 0 aromatic rings. The van der Waals surface area contributed by atoms with E-state index in [2.05, 4.69) is 88.5 Å². The van der Waals surface area contributed by atoms with Crippen molar-refractivity contribution in [3.05, 3.63) is 0 Å². The molecule has 0 aromatic heterocycles. The zero-order chi connectivity index (χ0) is 13.5. The monoisotopic (exact) mass is 634 g/mol. The lowest BCUT2D eigenvalue weighted by atomic mass is 10.5. The van der Waals surface area contributed by atoms with E-state index in [1.165, 1.54) is 0 Å². The Balaban J connectivity index is 4.29. The largest absolute Gasteiger partial charge is 0.321 e. The van der Waals surface area contributed by atoms with Crippen molar-refractivity contribution in [2.45, 2.75) is 32.5 Å². The molecule has 0 amide bonds. The minimum Gasteiger partial charge on any atom is -0.321 e. The summed E-state index contributed by atoms with van der Waals surface area (Å²) in [5.41, 5.74) is -2.15. The molecule has 8 heteroatoms. The minimum absolute atomic E-state index is 0.466. The van der Waals surface area contributed by atoms with Crippen molar-refractivity contribution in [1.82, 2.24) is 0 Å². The maximum atomic E-state index is 5.84. The number of halogens is 3. The Morgan fingerprint density at radius 3 is 1.71 bits per heavy atom. The fraction of sp³-hybridized carbons (Fsp3) is 1.00. The summed E-state index contributed by atoms with van der Waals surface area (Å²) in [4.78, 5) is 0. The van der Waals surface area contributed by atoms with Crippen molar-refractivity contribution in [2.24, 2.45) is 0 Å². The standard InChI is InChI=1S/C9H18I3O2PS2/c1-7(10)4-13-15(16,14-5-8(2)11)17-6-9(3)12/h7-9H,4-6H2,1-3H3. The molecule has 0 radical (unpaired) electrons. The molecular formula is C9H18I3O2PS2. The molecule has 2 nitrogen and oxygen atoms in total. The van der Waals surface area contributed by atoms with Crippen molar-refractivity contribution in [3.63, 3.8) is 0 Å². The van der Waals surface area contributed by atoms with Crippen LogP contribution in [-0.2, 0) is 20.9 Å². The molecule has 3 unspecified atom stereocenters. The summed E-state index contributed by atoms with van der Waals surface area (Å²) in [5, 5.41) is 0. The van der Waals surface area contributed by atoms with Crippen LogP contribution in [0.25, 0.3) is 0 Å². The van der Waals surface area contributed by atoms with Gasteiger partial charge in [-0.2, -0.15) is 0 Å². The van der Waals surface area contributed by atoms with Gasteiger partial charge in [0.2, 0.25) is 5.69 Å². The molecule has 0 N–H and O–H groups in total. The normalized spacial score (nSPS) is 20.6. The number of rotatable bonds is 9. The molecule has 0 spiro atoms. The van der Waals surface area contributed by atoms with E-state index in [-0.39, 0.29) is 0 Å². The van der Waals surface area contributed by atoms with Crippen LogP contribution in [0.15, 0.2) is 0 Å². The Labute approximate surface area is 155 Å². The predicted molar refractivity (Wildman–Crippen MR) is 109 cm³/mol. The second kappa shape index (κ2) is 10.8. The van der Waals surface area contributed by atoms with Crippen molar-refractivity contribution >= 4 is 96.7 Å². The van der Waals surface area contributed by atoms with E-state index in [9.17, 15) is 0 Å². The smallest absolute Gasteiger partial charge is 0.247 e. The number of hydrogen-bond donors (Lipinski definition) is 0. The Kier molecular flexibility index (Phi) is 12.8. The molecule has 0 aromatic carbocycles. The maximum absolute atomic E-state index is 5.84. The predicted octanol–water partition coefficient (Wildman–Crippen LogP) is 5.45. The summed E-state index contributed by atoms with van der Waals surface area (Å²) in [5.74, 6) is 0.989. The lowest BCUT2D eigenvalue weighted by Crippen LogP contribution is -2.07.